The van der Waals surface area contributed by atoms with E-state index in [1.54, 1.807) is 18.2 Å². The lowest BCUT2D eigenvalue weighted by Gasteiger charge is -2.23. The number of hydrogen-bond donors (Lipinski definition) is 4. The van der Waals surface area contributed by atoms with Crippen LogP contribution < -0.4 is 20.8 Å². The Labute approximate surface area is 157 Å². The Bertz CT molecular complexity index is 1000. The van der Waals surface area contributed by atoms with Crippen molar-refractivity contribution in [3.8, 4) is 5.75 Å². The van der Waals surface area contributed by atoms with Crippen LogP contribution in [0.2, 0.25) is 0 Å². The number of carboxylic acid groups (broad SMARTS) is 1. The molecule has 3 aliphatic heterocycles. The fraction of sp³-hybridized carbons (Fsp3) is 0.176. The quantitative estimate of drug-likeness (QED) is 0.572. The van der Waals surface area contributed by atoms with Crippen LogP contribution in [-0.2, 0) is 20.9 Å². The number of fused-ring (bicyclic) bond motifs is 2. The number of hydrazine groups is 1. The van der Waals surface area contributed by atoms with Crippen molar-refractivity contribution >= 4 is 29.2 Å². The number of benzene rings is 1. The molecule has 0 fully saturated rings. The van der Waals surface area contributed by atoms with Crippen molar-refractivity contribution in [1.82, 2.24) is 15.8 Å². The van der Waals surface area contributed by atoms with Gasteiger partial charge in [-0.25, -0.2) is 24.6 Å². The molecular formula is C17H14FN5O5. The third kappa shape index (κ3) is 3.18. The average molecular weight is 387 g/mol. The van der Waals surface area contributed by atoms with Crippen LogP contribution in [-0.4, -0.2) is 46.8 Å². The zero-order valence-corrected chi connectivity index (χ0v) is 14.3. The van der Waals surface area contributed by atoms with Gasteiger partial charge in [0.15, 0.2) is 18.3 Å². The van der Waals surface area contributed by atoms with E-state index in [4.69, 9.17) is 4.74 Å². The maximum atomic E-state index is 13.8. The summed E-state index contributed by atoms with van der Waals surface area (Å²) in [7, 11) is 0. The number of anilines is 1. The molecule has 28 heavy (non-hydrogen) atoms. The lowest BCUT2D eigenvalue weighted by Crippen LogP contribution is -2.39. The summed E-state index contributed by atoms with van der Waals surface area (Å²) in [5.74, 6) is -2.66. The summed E-state index contributed by atoms with van der Waals surface area (Å²) in [6.07, 6.45) is 1.06. The molecule has 0 atom stereocenters. The molecular weight excluding hydrogens is 373 g/mol. The standard InChI is InChI=1S/C17H14FN5O5/c18-9-6-20-23-12(17(26)27)4-11(22-15(9)23)16(25)19-5-8-1-2-13-10(3-8)21-14(24)7-28-13/h1-4,20H,5-7H2,(H,19,25)(H,21,24)(H,26,27). The largest absolute Gasteiger partial charge is 0.482 e. The lowest BCUT2D eigenvalue weighted by atomic mass is 10.1. The van der Waals surface area contributed by atoms with Crippen LogP contribution in [0.5, 0.6) is 5.75 Å². The highest BCUT2D eigenvalue weighted by Gasteiger charge is 2.33. The third-order valence-corrected chi connectivity index (χ3v) is 4.17. The van der Waals surface area contributed by atoms with Gasteiger partial charge in [0.25, 0.3) is 11.8 Å². The summed E-state index contributed by atoms with van der Waals surface area (Å²) in [6.45, 7) is -0.179. The van der Waals surface area contributed by atoms with Gasteiger partial charge >= 0.3 is 5.97 Å². The number of amides is 2. The van der Waals surface area contributed by atoms with E-state index >= 15 is 0 Å². The van der Waals surface area contributed by atoms with E-state index in [1.807, 2.05) is 0 Å². The van der Waals surface area contributed by atoms with Crippen LogP contribution >= 0.6 is 0 Å². The molecule has 0 saturated carbocycles. The maximum absolute atomic E-state index is 13.8. The van der Waals surface area contributed by atoms with Crippen LogP contribution in [0, 0.1) is 0 Å². The van der Waals surface area contributed by atoms with Gasteiger partial charge in [-0.2, -0.15) is 0 Å². The monoisotopic (exact) mass is 387 g/mol. The van der Waals surface area contributed by atoms with E-state index in [9.17, 15) is 23.9 Å². The summed E-state index contributed by atoms with van der Waals surface area (Å²) >= 11 is 0. The number of carbonyl (C=O) groups is 3. The van der Waals surface area contributed by atoms with Crippen molar-refractivity contribution in [1.29, 1.82) is 0 Å². The van der Waals surface area contributed by atoms with Crippen LogP contribution in [0.4, 0.5) is 10.1 Å². The number of ether oxygens (including phenoxy) is 1. The van der Waals surface area contributed by atoms with Crippen LogP contribution in [0.1, 0.15) is 5.56 Å². The maximum Gasteiger partial charge on any atom is 0.354 e. The van der Waals surface area contributed by atoms with Gasteiger partial charge in [-0.3, -0.25) is 9.59 Å². The number of carboxylic acids is 1. The number of carbonyl (C=O) groups excluding carboxylic acids is 2. The van der Waals surface area contributed by atoms with Gasteiger partial charge in [-0.05, 0) is 17.7 Å². The van der Waals surface area contributed by atoms with Crippen molar-refractivity contribution in [3.63, 3.8) is 0 Å². The Morgan fingerprint density at radius 1 is 1.39 bits per heavy atom. The highest BCUT2D eigenvalue weighted by molar-refractivity contribution is 6.44. The first-order chi connectivity index (χ1) is 13.4. The molecule has 0 radical (unpaired) electrons. The van der Waals surface area contributed by atoms with E-state index in [1.165, 1.54) is 0 Å². The minimum absolute atomic E-state index is 0.0561. The van der Waals surface area contributed by atoms with Gasteiger partial charge in [0, 0.05) is 12.6 Å². The average Bonchev–Trinajstić information content (AvgIpc) is 3.05. The Hall–Kier alpha value is -3.73. The number of nitrogens with one attached hydrogen (secondary N) is 3. The lowest BCUT2D eigenvalue weighted by molar-refractivity contribution is -0.134. The number of nitrogens with zero attached hydrogens (tertiary/aromatic N) is 2. The molecule has 11 heteroatoms. The van der Waals surface area contributed by atoms with Crippen molar-refractivity contribution in [2.45, 2.75) is 6.54 Å². The number of halogens is 1. The second-order valence-corrected chi connectivity index (χ2v) is 6.08. The molecule has 3 heterocycles. The molecule has 10 nitrogen and oxygen atoms in total. The fourth-order valence-electron chi connectivity index (χ4n) is 2.86. The van der Waals surface area contributed by atoms with Gasteiger partial charge in [0.2, 0.25) is 0 Å². The Kier molecular flexibility index (Phi) is 4.28. The smallest absolute Gasteiger partial charge is 0.354 e. The van der Waals surface area contributed by atoms with E-state index in [2.05, 4.69) is 21.1 Å². The SMILES string of the molecule is O=C1COc2ccc(CNC(=O)C3=NC4=C(F)CNN4C(C(=O)O)=C3)cc2N1. The second-order valence-electron chi connectivity index (χ2n) is 6.08. The first-order valence-corrected chi connectivity index (χ1v) is 8.22. The molecule has 0 bridgehead atoms. The molecule has 2 amide bonds. The molecule has 4 rings (SSSR count). The van der Waals surface area contributed by atoms with Crippen molar-refractivity contribution < 1.29 is 28.6 Å². The predicted molar refractivity (Wildman–Crippen MR) is 93.5 cm³/mol. The van der Waals surface area contributed by atoms with Crippen molar-refractivity contribution in [2.75, 3.05) is 18.5 Å². The van der Waals surface area contributed by atoms with E-state index in [0.29, 0.717) is 17.0 Å². The Morgan fingerprint density at radius 2 is 2.21 bits per heavy atom. The van der Waals surface area contributed by atoms with Gasteiger partial charge in [-0.1, -0.05) is 6.07 Å². The first kappa shape index (κ1) is 17.7. The van der Waals surface area contributed by atoms with Gasteiger partial charge < -0.3 is 20.5 Å². The fourth-order valence-corrected chi connectivity index (χ4v) is 2.86. The summed E-state index contributed by atoms with van der Waals surface area (Å²) in [5.41, 5.74) is 3.17. The summed E-state index contributed by atoms with van der Waals surface area (Å²) < 4.78 is 19.1. The zero-order valence-electron chi connectivity index (χ0n) is 14.3. The summed E-state index contributed by atoms with van der Waals surface area (Å²) in [5, 5.41) is 15.5. The van der Waals surface area contributed by atoms with E-state index in [-0.39, 0.29) is 42.8 Å². The molecule has 0 unspecified atom stereocenters. The van der Waals surface area contributed by atoms with Crippen molar-refractivity contribution in [2.24, 2.45) is 4.99 Å². The second kappa shape index (κ2) is 6.78. The van der Waals surface area contributed by atoms with E-state index < -0.39 is 17.7 Å². The summed E-state index contributed by atoms with van der Waals surface area (Å²) in [6, 6.07) is 5.03. The molecule has 144 valence electrons. The number of aliphatic carboxylic acids is 1. The minimum Gasteiger partial charge on any atom is -0.482 e. The zero-order chi connectivity index (χ0) is 19.8. The molecule has 0 spiro atoms. The van der Waals surface area contributed by atoms with Crippen LogP contribution in [0.15, 0.2) is 46.6 Å². The number of hydrogen-bond acceptors (Lipinski definition) is 7. The molecule has 1 aromatic rings. The highest BCUT2D eigenvalue weighted by atomic mass is 19.1. The first-order valence-electron chi connectivity index (χ1n) is 8.22. The Morgan fingerprint density at radius 3 is 3.00 bits per heavy atom. The highest BCUT2D eigenvalue weighted by Crippen LogP contribution is 2.28. The molecule has 3 aliphatic rings. The molecule has 4 N–H and O–H groups in total. The predicted octanol–water partition coefficient (Wildman–Crippen LogP) is 0.0156. The van der Waals surface area contributed by atoms with Crippen LogP contribution in [0.3, 0.4) is 0 Å². The molecule has 0 aromatic heterocycles. The molecule has 0 saturated heterocycles. The summed E-state index contributed by atoms with van der Waals surface area (Å²) in [4.78, 5) is 39.1. The number of aliphatic imine (C=N–C) groups is 1. The topological polar surface area (TPSA) is 132 Å². The Balaban J connectivity index is 1.50. The minimum atomic E-state index is -1.33. The third-order valence-electron chi connectivity index (χ3n) is 4.17. The van der Waals surface area contributed by atoms with Gasteiger partial charge in [-0.15, -0.1) is 0 Å². The molecule has 0 aliphatic carbocycles. The van der Waals surface area contributed by atoms with Gasteiger partial charge in [0.05, 0.1) is 12.2 Å². The van der Waals surface area contributed by atoms with Gasteiger partial charge in [0.1, 0.15) is 17.2 Å². The van der Waals surface area contributed by atoms with E-state index in [0.717, 1.165) is 11.1 Å². The van der Waals surface area contributed by atoms with Crippen LogP contribution in [0.25, 0.3) is 0 Å². The normalized spacial score (nSPS) is 17.8. The number of rotatable bonds is 4. The van der Waals surface area contributed by atoms with Crippen molar-refractivity contribution in [3.05, 3.63) is 47.2 Å². The molecule has 1 aromatic carbocycles.